The van der Waals surface area contributed by atoms with E-state index in [1.54, 1.807) is 0 Å². The van der Waals surface area contributed by atoms with Crippen LogP contribution in [0.3, 0.4) is 0 Å². The normalized spacial score (nSPS) is 15.1. The number of amides is 1. The molecule has 0 spiro atoms. The molecule has 0 aromatic heterocycles. The number of carbonyl (C=O) groups is 1. The highest BCUT2D eigenvalue weighted by Gasteiger charge is 2.16. The van der Waals surface area contributed by atoms with E-state index in [0.29, 0.717) is 0 Å². The topological polar surface area (TPSA) is 20.3 Å². The Balaban J connectivity index is 1.52. The lowest BCUT2D eigenvalue weighted by molar-refractivity contribution is 0.0761. The van der Waals surface area contributed by atoms with E-state index in [-0.39, 0.29) is 5.91 Å². The molecule has 3 rings (SSSR count). The Bertz CT molecular complexity index is 631. The Kier molecular flexibility index (Phi) is 6.36. The molecule has 1 amide bonds. The molecule has 0 N–H and O–H groups in total. The molecule has 1 fully saturated rings. The van der Waals surface area contributed by atoms with Crippen LogP contribution in [0.4, 0.5) is 0 Å². The van der Waals surface area contributed by atoms with Crippen molar-refractivity contribution in [3.05, 3.63) is 71.3 Å². The molecule has 0 saturated carbocycles. The molecule has 0 atom stereocenters. The van der Waals surface area contributed by atoms with Crippen LogP contribution in [0.2, 0.25) is 0 Å². The van der Waals surface area contributed by atoms with E-state index in [1.807, 2.05) is 34.9 Å². The monoisotopic (exact) mass is 339 g/mol. The Morgan fingerprint density at radius 3 is 2.00 bits per heavy atom. The third-order valence-electron chi connectivity index (χ3n) is 4.47. The van der Waals surface area contributed by atoms with Gasteiger partial charge in [0.15, 0.2) is 0 Å². The summed E-state index contributed by atoms with van der Waals surface area (Å²) in [6.07, 6.45) is 4.78. The quantitative estimate of drug-likeness (QED) is 0.752. The van der Waals surface area contributed by atoms with E-state index in [9.17, 15) is 4.79 Å². The molecule has 3 heteroatoms. The van der Waals surface area contributed by atoms with E-state index in [2.05, 4.69) is 36.4 Å². The molecule has 126 valence electrons. The highest BCUT2D eigenvalue weighted by Crippen LogP contribution is 2.19. The lowest BCUT2D eigenvalue weighted by Crippen LogP contribution is -2.31. The lowest BCUT2D eigenvalue weighted by Gasteiger charge is -2.20. The molecular weight excluding hydrogens is 314 g/mol. The first-order valence-electron chi connectivity index (χ1n) is 8.83. The molecule has 0 aliphatic carbocycles. The molecule has 1 heterocycles. The van der Waals surface area contributed by atoms with E-state index < -0.39 is 0 Å². The second-order valence-corrected chi connectivity index (χ2v) is 7.37. The summed E-state index contributed by atoms with van der Waals surface area (Å²) in [5, 5.41) is 0. The summed E-state index contributed by atoms with van der Waals surface area (Å²) in [5.74, 6) is 2.20. The van der Waals surface area contributed by atoms with Crippen LogP contribution < -0.4 is 0 Å². The number of nitrogens with zero attached hydrogens (tertiary/aromatic N) is 1. The van der Waals surface area contributed by atoms with Crippen molar-refractivity contribution in [3.8, 4) is 0 Å². The molecule has 1 aliphatic heterocycles. The van der Waals surface area contributed by atoms with Gasteiger partial charge in [-0.15, -0.1) is 0 Å². The van der Waals surface area contributed by atoms with Crippen molar-refractivity contribution in [2.75, 3.05) is 13.1 Å². The fourth-order valence-corrected chi connectivity index (χ4v) is 4.02. The Morgan fingerprint density at radius 1 is 0.792 bits per heavy atom. The van der Waals surface area contributed by atoms with Crippen molar-refractivity contribution in [2.45, 2.75) is 37.2 Å². The maximum Gasteiger partial charge on any atom is 0.253 e. The smallest absolute Gasteiger partial charge is 0.253 e. The highest BCUT2D eigenvalue weighted by molar-refractivity contribution is 7.97. The Labute approximate surface area is 149 Å². The summed E-state index contributed by atoms with van der Waals surface area (Å²) in [5.41, 5.74) is 3.47. The highest BCUT2D eigenvalue weighted by atomic mass is 32.2. The molecular formula is C21H25NOS. The standard InChI is InChI=1S/C21H25NOS/c23-21(22-14-6-1-2-7-15-22)20-12-10-19(11-13-20)17-24-16-18-8-4-3-5-9-18/h3-5,8-13H,1-2,6-7,14-17H2. The summed E-state index contributed by atoms with van der Waals surface area (Å²) in [7, 11) is 0. The van der Waals surface area contributed by atoms with Gasteiger partial charge in [-0.05, 0) is 36.1 Å². The first-order valence-corrected chi connectivity index (χ1v) is 9.98. The van der Waals surface area contributed by atoms with Gasteiger partial charge in [-0.3, -0.25) is 4.79 Å². The second kappa shape index (κ2) is 8.93. The molecule has 0 unspecified atom stereocenters. The van der Waals surface area contributed by atoms with Gasteiger partial charge in [-0.2, -0.15) is 11.8 Å². The van der Waals surface area contributed by atoms with Gasteiger partial charge in [0, 0.05) is 30.2 Å². The minimum absolute atomic E-state index is 0.195. The van der Waals surface area contributed by atoms with E-state index >= 15 is 0 Å². The average molecular weight is 340 g/mol. The van der Waals surface area contributed by atoms with Crippen molar-refractivity contribution < 1.29 is 4.79 Å². The first-order chi connectivity index (χ1) is 11.8. The van der Waals surface area contributed by atoms with Crippen molar-refractivity contribution >= 4 is 17.7 Å². The van der Waals surface area contributed by atoms with Gasteiger partial charge >= 0.3 is 0 Å². The van der Waals surface area contributed by atoms with Crippen LogP contribution in [0.15, 0.2) is 54.6 Å². The van der Waals surface area contributed by atoms with Gasteiger partial charge in [0.25, 0.3) is 5.91 Å². The molecule has 2 aromatic carbocycles. The molecule has 2 nitrogen and oxygen atoms in total. The van der Waals surface area contributed by atoms with Gasteiger partial charge in [-0.1, -0.05) is 55.3 Å². The van der Waals surface area contributed by atoms with Gasteiger partial charge in [0.05, 0.1) is 0 Å². The number of hydrogen-bond acceptors (Lipinski definition) is 2. The van der Waals surface area contributed by atoms with Crippen molar-refractivity contribution in [3.63, 3.8) is 0 Å². The van der Waals surface area contributed by atoms with Gasteiger partial charge in [0.1, 0.15) is 0 Å². The molecule has 0 bridgehead atoms. The summed E-state index contributed by atoms with van der Waals surface area (Å²) in [6.45, 7) is 1.82. The number of thioether (sulfide) groups is 1. The largest absolute Gasteiger partial charge is 0.339 e. The van der Waals surface area contributed by atoms with E-state index in [1.165, 1.54) is 24.0 Å². The Hall–Kier alpha value is -1.74. The SMILES string of the molecule is O=C(c1ccc(CSCc2ccccc2)cc1)N1CCCCCC1. The Morgan fingerprint density at radius 2 is 1.38 bits per heavy atom. The van der Waals surface area contributed by atoms with Crippen LogP contribution in [-0.2, 0) is 11.5 Å². The van der Waals surface area contributed by atoms with Crippen LogP contribution in [0.5, 0.6) is 0 Å². The fourth-order valence-electron chi connectivity index (χ4n) is 3.06. The lowest BCUT2D eigenvalue weighted by atomic mass is 10.1. The van der Waals surface area contributed by atoms with Crippen molar-refractivity contribution in [1.29, 1.82) is 0 Å². The van der Waals surface area contributed by atoms with E-state index in [4.69, 9.17) is 0 Å². The van der Waals surface area contributed by atoms with Crippen LogP contribution in [0.1, 0.15) is 47.2 Å². The minimum Gasteiger partial charge on any atom is -0.339 e. The number of likely N-dealkylation sites (tertiary alicyclic amines) is 1. The number of hydrogen-bond donors (Lipinski definition) is 0. The predicted molar refractivity (Wildman–Crippen MR) is 102 cm³/mol. The van der Waals surface area contributed by atoms with Gasteiger partial charge < -0.3 is 4.90 Å². The number of carbonyl (C=O) groups excluding carboxylic acids is 1. The van der Waals surface area contributed by atoms with Gasteiger partial charge in [0.2, 0.25) is 0 Å². The van der Waals surface area contributed by atoms with Crippen molar-refractivity contribution in [2.24, 2.45) is 0 Å². The average Bonchev–Trinajstić information content (AvgIpc) is 2.92. The summed E-state index contributed by atoms with van der Waals surface area (Å²) < 4.78 is 0. The first kappa shape index (κ1) is 17.1. The zero-order valence-corrected chi connectivity index (χ0v) is 14.9. The van der Waals surface area contributed by atoms with E-state index in [0.717, 1.165) is 43.0 Å². The van der Waals surface area contributed by atoms with Crippen LogP contribution in [0.25, 0.3) is 0 Å². The maximum absolute atomic E-state index is 12.6. The zero-order chi connectivity index (χ0) is 16.6. The summed E-state index contributed by atoms with van der Waals surface area (Å²) >= 11 is 1.91. The second-order valence-electron chi connectivity index (χ2n) is 6.38. The third kappa shape index (κ3) is 4.88. The zero-order valence-electron chi connectivity index (χ0n) is 14.1. The summed E-state index contributed by atoms with van der Waals surface area (Å²) in [6, 6.07) is 18.7. The molecule has 1 saturated heterocycles. The third-order valence-corrected chi connectivity index (χ3v) is 5.55. The fraction of sp³-hybridized carbons (Fsp3) is 0.381. The molecule has 24 heavy (non-hydrogen) atoms. The summed E-state index contributed by atoms with van der Waals surface area (Å²) in [4.78, 5) is 14.6. The van der Waals surface area contributed by atoms with Gasteiger partial charge in [-0.25, -0.2) is 0 Å². The van der Waals surface area contributed by atoms with Crippen molar-refractivity contribution in [1.82, 2.24) is 4.90 Å². The molecule has 2 aromatic rings. The molecule has 0 radical (unpaired) electrons. The minimum atomic E-state index is 0.195. The van der Waals surface area contributed by atoms with Crippen LogP contribution in [-0.4, -0.2) is 23.9 Å². The van der Waals surface area contributed by atoms with Crippen LogP contribution in [0, 0.1) is 0 Å². The maximum atomic E-state index is 12.6. The molecule has 1 aliphatic rings. The number of rotatable bonds is 5. The van der Waals surface area contributed by atoms with Crippen LogP contribution >= 0.6 is 11.8 Å². The predicted octanol–water partition coefficient (Wildman–Crippen LogP) is 5.14. The number of benzene rings is 2.